The molecule has 1 atom stereocenters. The second-order valence-electron chi connectivity index (χ2n) is 7.51. The molecule has 0 saturated heterocycles. The van der Waals surface area contributed by atoms with Gasteiger partial charge in [-0.3, -0.25) is 9.97 Å². The average molecular weight is 340 g/mol. The van der Waals surface area contributed by atoms with Crippen LogP contribution in [-0.2, 0) is 6.42 Å². The number of nitrogens with zero attached hydrogens (tertiary/aromatic N) is 2. The summed E-state index contributed by atoms with van der Waals surface area (Å²) in [5.41, 5.74) is 4.82. The topological polar surface area (TPSA) is 25.8 Å². The lowest BCUT2D eigenvalue weighted by molar-refractivity contribution is 0.733. The monoisotopic (exact) mass is 340 g/mol. The van der Waals surface area contributed by atoms with Gasteiger partial charge in [-0.25, -0.2) is 0 Å². The zero-order chi connectivity index (χ0) is 18.1. The van der Waals surface area contributed by atoms with E-state index in [9.17, 15) is 0 Å². The number of hydrogen-bond acceptors (Lipinski definition) is 2. The van der Waals surface area contributed by atoms with E-state index in [1.54, 1.807) is 0 Å². The minimum Gasteiger partial charge on any atom is -0.260 e. The SMILES string of the molecule is CC(C)c1cnc2cc(CC(C)c3cc4ccccc4cn3)ccc2c1. The molecule has 2 heteroatoms. The molecule has 0 aliphatic rings. The van der Waals surface area contributed by atoms with Crippen LogP contribution in [0, 0.1) is 0 Å². The molecule has 26 heavy (non-hydrogen) atoms. The second kappa shape index (κ2) is 6.87. The van der Waals surface area contributed by atoms with E-state index < -0.39 is 0 Å². The molecule has 0 aliphatic carbocycles. The lowest BCUT2D eigenvalue weighted by Gasteiger charge is -2.13. The van der Waals surface area contributed by atoms with E-state index in [-0.39, 0.29) is 0 Å². The van der Waals surface area contributed by atoms with Crippen LogP contribution in [0.15, 0.2) is 67.0 Å². The average Bonchev–Trinajstić information content (AvgIpc) is 2.67. The molecule has 2 aromatic heterocycles. The maximum atomic E-state index is 4.68. The smallest absolute Gasteiger partial charge is 0.0704 e. The van der Waals surface area contributed by atoms with Crippen molar-refractivity contribution in [2.24, 2.45) is 0 Å². The summed E-state index contributed by atoms with van der Waals surface area (Å²) in [4.78, 5) is 9.35. The number of aromatic nitrogens is 2. The fraction of sp³-hybridized carbons (Fsp3) is 0.250. The predicted molar refractivity (Wildman–Crippen MR) is 110 cm³/mol. The molecule has 2 aromatic carbocycles. The molecule has 0 spiro atoms. The van der Waals surface area contributed by atoms with Crippen LogP contribution in [0.4, 0.5) is 0 Å². The number of benzene rings is 2. The Kier molecular flexibility index (Phi) is 4.42. The molecule has 130 valence electrons. The molecular weight excluding hydrogens is 316 g/mol. The summed E-state index contributed by atoms with van der Waals surface area (Å²) in [5, 5.41) is 3.67. The van der Waals surface area contributed by atoms with Crippen molar-refractivity contribution in [1.29, 1.82) is 0 Å². The van der Waals surface area contributed by atoms with E-state index in [2.05, 4.69) is 85.3 Å². The van der Waals surface area contributed by atoms with E-state index in [1.807, 2.05) is 12.4 Å². The van der Waals surface area contributed by atoms with E-state index in [0.29, 0.717) is 11.8 Å². The fourth-order valence-corrected chi connectivity index (χ4v) is 3.45. The van der Waals surface area contributed by atoms with Gasteiger partial charge in [-0.1, -0.05) is 57.2 Å². The number of rotatable bonds is 4. The lowest BCUT2D eigenvalue weighted by Crippen LogP contribution is -2.01. The molecule has 0 radical (unpaired) electrons. The van der Waals surface area contributed by atoms with Crippen LogP contribution < -0.4 is 0 Å². The first kappa shape index (κ1) is 16.7. The van der Waals surface area contributed by atoms with Crippen molar-refractivity contribution in [3.63, 3.8) is 0 Å². The van der Waals surface area contributed by atoms with Crippen LogP contribution in [0.2, 0.25) is 0 Å². The third-order valence-electron chi connectivity index (χ3n) is 5.14. The van der Waals surface area contributed by atoms with Gasteiger partial charge < -0.3 is 0 Å². The first-order valence-electron chi connectivity index (χ1n) is 9.33. The highest BCUT2D eigenvalue weighted by atomic mass is 14.7. The lowest BCUT2D eigenvalue weighted by atomic mass is 9.95. The third-order valence-corrected chi connectivity index (χ3v) is 5.14. The molecule has 0 fully saturated rings. The van der Waals surface area contributed by atoms with Crippen LogP contribution >= 0.6 is 0 Å². The summed E-state index contributed by atoms with van der Waals surface area (Å²) >= 11 is 0. The van der Waals surface area contributed by atoms with Crippen molar-refractivity contribution in [2.45, 2.75) is 39.0 Å². The Bertz CT molecular complexity index is 1070. The number of fused-ring (bicyclic) bond motifs is 2. The van der Waals surface area contributed by atoms with Crippen molar-refractivity contribution in [2.75, 3.05) is 0 Å². The molecule has 2 heterocycles. The van der Waals surface area contributed by atoms with Crippen molar-refractivity contribution in [3.8, 4) is 0 Å². The Labute approximate surface area is 154 Å². The molecule has 4 aromatic rings. The minimum atomic E-state index is 0.368. The Hall–Kier alpha value is -2.74. The van der Waals surface area contributed by atoms with Crippen LogP contribution in [0.3, 0.4) is 0 Å². The summed E-state index contributed by atoms with van der Waals surface area (Å²) in [6.07, 6.45) is 4.95. The van der Waals surface area contributed by atoms with Gasteiger partial charge in [0.25, 0.3) is 0 Å². The van der Waals surface area contributed by atoms with Gasteiger partial charge in [0.2, 0.25) is 0 Å². The van der Waals surface area contributed by atoms with E-state index in [1.165, 1.54) is 27.3 Å². The van der Waals surface area contributed by atoms with Gasteiger partial charge in [-0.2, -0.15) is 0 Å². The Morgan fingerprint density at radius 3 is 2.38 bits per heavy atom. The molecule has 0 saturated carbocycles. The second-order valence-corrected chi connectivity index (χ2v) is 7.51. The van der Waals surface area contributed by atoms with Gasteiger partial charge in [-0.05, 0) is 47.1 Å². The third kappa shape index (κ3) is 3.32. The molecule has 0 N–H and O–H groups in total. The summed E-state index contributed by atoms with van der Waals surface area (Å²) in [6, 6.07) is 19.5. The van der Waals surface area contributed by atoms with Gasteiger partial charge in [0.15, 0.2) is 0 Å². The zero-order valence-corrected chi connectivity index (χ0v) is 15.6. The van der Waals surface area contributed by atoms with Crippen molar-refractivity contribution in [3.05, 3.63) is 83.8 Å². The van der Waals surface area contributed by atoms with Gasteiger partial charge in [0, 0.05) is 34.8 Å². The van der Waals surface area contributed by atoms with Crippen LogP contribution in [0.5, 0.6) is 0 Å². The standard InChI is InChI=1S/C24H24N2/c1-16(2)22-12-20-9-8-18(11-24(20)26-15-22)10-17(3)23-13-19-6-4-5-7-21(19)14-25-23/h4-9,11-17H,10H2,1-3H3. The summed E-state index contributed by atoms with van der Waals surface area (Å²) in [5.74, 6) is 0.873. The molecule has 1 unspecified atom stereocenters. The Morgan fingerprint density at radius 1 is 0.769 bits per heavy atom. The minimum absolute atomic E-state index is 0.368. The normalized spacial score (nSPS) is 12.8. The number of pyridine rings is 2. The Balaban J connectivity index is 1.59. The molecule has 0 bridgehead atoms. The van der Waals surface area contributed by atoms with Gasteiger partial charge in [0.05, 0.1) is 5.52 Å². The van der Waals surface area contributed by atoms with Crippen LogP contribution in [-0.4, -0.2) is 9.97 Å². The quantitative estimate of drug-likeness (QED) is 0.438. The predicted octanol–water partition coefficient (Wildman–Crippen LogP) is 6.25. The van der Waals surface area contributed by atoms with E-state index >= 15 is 0 Å². The highest BCUT2D eigenvalue weighted by Crippen LogP contribution is 2.25. The fourth-order valence-electron chi connectivity index (χ4n) is 3.45. The summed E-state index contributed by atoms with van der Waals surface area (Å²) in [6.45, 7) is 6.65. The highest BCUT2D eigenvalue weighted by molar-refractivity contribution is 5.82. The molecule has 4 rings (SSSR count). The van der Waals surface area contributed by atoms with E-state index in [0.717, 1.165) is 17.6 Å². The zero-order valence-electron chi connectivity index (χ0n) is 15.6. The molecule has 2 nitrogen and oxygen atoms in total. The number of hydrogen-bond donors (Lipinski definition) is 0. The van der Waals surface area contributed by atoms with Crippen LogP contribution in [0.1, 0.15) is 49.4 Å². The van der Waals surface area contributed by atoms with Crippen molar-refractivity contribution >= 4 is 21.7 Å². The maximum Gasteiger partial charge on any atom is 0.0704 e. The largest absolute Gasteiger partial charge is 0.260 e. The Morgan fingerprint density at radius 2 is 1.58 bits per heavy atom. The summed E-state index contributed by atoms with van der Waals surface area (Å²) in [7, 11) is 0. The van der Waals surface area contributed by atoms with Crippen molar-refractivity contribution in [1.82, 2.24) is 9.97 Å². The first-order valence-corrected chi connectivity index (χ1v) is 9.33. The van der Waals surface area contributed by atoms with Gasteiger partial charge >= 0.3 is 0 Å². The summed E-state index contributed by atoms with van der Waals surface area (Å²) < 4.78 is 0. The molecular formula is C24H24N2. The van der Waals surface area contributed by atoms with Crippen LogP contribution in [0.25, 0.3) is 21.7 Å². The first-order chi connectivity index (χ1) is 12.6. The van der Waals surface area contributed by atoms with Crippen molar-refractivity contribution < 1.29 is 0 Å². The van der Waals surface area contributed by atoms with Gasteiger partial charge in [0.1, 0.15) is 0 Å². The highest BCUT2D eigenvalue weighted by Gasteiger charge is 2.10. The van der Waals surface area contributed by atoms with E-state index in [4.69, 9.17) is 0 Å². The maximum absolute atomic E-state index is 4.68. The molecule has 0 amide bonds. The molecule has 0 aliphatic heterocycles. The van der Waals surface area contributed by atoms with Gasteiger partial charge in [-0.15, -0.1) is 0 Å².